The Morgan fingerprint density at radius 1 is 1.44 bits per heavy atom. The maximum absolute atomic E-state index is 11.1. The third kappa shape index (κ3) is 4.15. The summed E-state index contributed by atoms with van der Waals surface area (Å²) in [5.74, 6) is 0.668. The van der Waals surface area contributed by atoms with Gasteiger partial charge in [0, 0.05) is 13.1 Å². The number of ether oxygens (including phenoxy) is 1. The molecule has 1 N–H and O–H groups in total. The van der Waals surface area contributed by atoms with Crippen LogP contribution >= 0.6 is 0 Å². The zero-order chi connectivity index (χ0) is 12.8. The summed E-state index contributed by atoms with van der Waals surface area (Å²) in [5, 5.41) is 3.28. The Bertz CT molecular complexity index is 399. The van der Waals surface area contributed by atoms with E-state index >= 15 is 0 Å². The highest BCUT2D eigenvalue weighted by Crippen LogP contribution is 2.40. The molecule has 1 aromatic rings. The van der Waals surface area contributed by atoms with E-state index in [1.165, 1.54) is 24.0 Å². The Morgan fingerprint density at radius 3 is 3.00 bits per heavy atom. The Morgan fingerprint density at radius 2 is 2.28 bits per heavy atom. The molecule has 1 aliphatic rings. The predicted molar refractivity (Wildman–Crippen MR) is 71.4 cm³/mol. The zero-order valence-corrected chi connectivity index (χ0v) is 10.9. The molecule has 1 aromatic carbocycles. The standard InChI is InChI=1S/C15H21NO2/c1-2-18-15(17)8-9-16-11-12-4-3-5-14(10-12)13-6-7-13/h3-5,10,13,16H,2,6-9,11H2,1H3. The maximum atomic E-state index is 11.1. The second kappa shape index (κ2) is 6.55. The molecule has 0 spiro atoms. The highest BCUT2D eigenvalue weighted by Gasteiger charge is 2.23. The van der Waals surface area contributed by atoms with Crippen LogP contribution in [-0.4, -0.2) is 19.1 Å². The van der Waals surface area contributed by atoms with Crippen LogP contribution in [0.5, 0.6) is 0 Å². The van der Waals surface area contributed by atoms with E-state index in [-0.39, 0.29) is 5.97 Å². The van der Waals surface area contributed by atoms with E-state index in [2.05, 4.69) is 29.6 Å². The number of carbonyl (C=O) groups is 1. The molecular formula is C15H21NO2. The number of rotatable bonds is 7. The topological polar surface area (TPSA) is 38.3 Å². The summed E-state index contributed by atoms with van der Waals surface area (Å²) in [5.41, 5.74) is 2.75. The number of hydrogen-bond donors (Lipinski definition) is 1. The van der Waals surface area contributed by atoms with Crippen molar-refractivity contribution in [1.82, 2.24) is 5.32 Å². The fourth-order valence-corrected chi connectivity index (χ4v) is 2.03. The number of hydrogen-bond acceptors (Lipinski definition) is 3. The number of esters is 1. The van der Waals surface area contributed by atoms with Gasteiger partial charge in [-0.25, -0.2) is 0 Å². The molecule has 3 heteroatoms. The van der Waals surface area contributed by atoms with Crippen molar-refractivity contribution in [2.45, 2.75) is 38.6 Å². The summed E-state index contributed by atoms with van der Waals surface area (Å²) in [6.07, 6.45) is 3.11. The van der Waals surface area contributed by atoms with Gasteiger partial charge in [-0.3, -0.25) is 4.79 Å². The van der Waals surface area contributed by atoms with Gasteiger partial charge in [0.2, 0.25) is 0 Å². The van der Waals surface area contributed by atoms with Crippen LogP contribution in [0, 0.1) is 0 Å². The second-order valence-electron chi connectivity index (χ2n) is 4.75. The van der Waals surface area contributed by atoms with Crippen LogP contribution in [0.15, 0.2) is 24.3 Å². The predicted octanol–water partition coefficient (Wildman–Crippen LogP) is 2.61. The molecule has 1 fully saturated rings. The first-order valence-electron chi connectivity index (χ1n) is 6.74. The van der Waals surface area contributed by atoms with Crippen LogP contribution in [0.2, 0.25) is 0 Å². The number of nitrogens with one attached hydrogen (secondary N) is 1. The molecule has 0 unspecified atom stereocenters. The maximum Gasteiger partial charge on any atom is 0.307 e. The Balaban J connectivity index is 1.69. The van der Waals surface area contributed by atoms with Gasteiger partial charge in [0.1, 0.15) is 0 Å². The van der Waals surface area contributed by atoms with Crippen molar-refractivity contribution in [3.05, 3.63) is 35.4 Å². The van der Waals surface area contributed by atoms with Crippen molar-refractivity contribution in [2.75, 3.05) is 13.2 Å². The van der Waals surface area contributed by atoms with E-state index in [1.54, 1.807) is 0 Å². The van der Waals surface area contributed by atoms with Crippen molar-refractivity contribution in [3.8, 4) is 0 Å². The van der Waals surface area contributed by atoms with Crippen LogP contribution < -0.4 is 5.32 Å². The lowest BCUT2D eigenvalue weighted by atomic mass is 10.1. The van der Waals surface area contributed by atoms with E-state index in [0.717, 1.165) is 12.5 Å². The van der Waals surface area contributed by atoms with Gasteiger partial charge >= 0.3 is 5.97 Å². The van der Waals surface area contributed by atoms with E-state index in [1.807, 2.05) is 6.92 Å². The van der Waals surface area contributed by atoms with Crippen molar-refractivity contribution in [1.29, 1.82) is 0 Å². The molecule has 0 bridgehead atoms. The third-order valence-electron chi connectivity index (χ3n) is 3.14. The van der Waals surface area contributed by atoms with Crippen LogP contribution in [0.3, 0.4) is 0 Å². The molecule has 3 nitrogen and oxygen atoms in total. The summed E-state index contributed by atoms with van der Waals surface area (Å²) in [6.45, 7) is 3.78. The van der Waals surface area contributed by atoms with Crippen molar-refractivity contribution in [3.63, 3.8) is 0 Å². The Hall–Kier alpha value is -1.35. The first kappa shape index (κ1) is 13.1. The Labute approximate surface area is 109 Å². The van der Waals surface area contributed by atoms with Gasteiger partial charge in [-0.15, -0.1) is 0 Å². The zero-order valence-electron chi connectivity index (χ0n) is 10.9. The van der Waals surface area contributed by atoms with Gasteiger partial charge in [0.25, 0.3) is 0 Å². The largest absolute Gasteiger partial charge is 0.466 e. The van der Waals surface area contributed by atoms with Gasteiger partial charge in [-0.05, 0) is 36.8 Å². The summed E-state index contributed by atoms with van der Waals surface area (Å²) in [6, 6.07) is 8.73. The minimum atomic E-state index is -0.128. The lowest BCUT2D eigenvalue weighted by Crippen LogP contribution is -2.19. The van der Waals surface area contributed by atoms with Gasteiger partial charge in [-0.2, -0.15) is 0 Å². The fraction of sp³-hybridized carbons (Fsp3) is 0.533. The van der Waals surface area contributed by atoms with E-state index in [4.69, 9.17) is 4.74 Å². The molecule has 1 saturated carbocycles. The summed E-state index contributed by atoms with van der Waals surface area (Å²) in [4.78, 5) is 11.1. The quantitative estimate of drug-likeness (QED) is 0.594. The molecule has 1 aliphatic carbocycles. The normalized spacial score (nSPS) is 14.5. The lowest BCUT2D eigenvalue weighted by molar-refractivity contribution is -0.142. The first-order valence-corrected chi connectivity index (χ1v) is 6.74. The van der Waals surface area contributed by atoms with Gasteiger partial charge in [-0.1, -0.05) is 24.3 Å². The second-order valence-corrected chi connectivity index (χ2v) is 4.75. The van der Waals surface area contributed by atoms with E-state index in [0.29, 0.717) is 19.6 Å². The smallest absolute Gasteiger partial charge is 0.307 e. The molecule has 0 aliphatic heterocycles. The molecule has 0 amide bonds. The average Bonchev–Trinajstić information content (AvgIpc) is 3.20. The summed E-state index contributed by atoms with van der Waals surface area (Å²) >= 11 is 0. The summed E-state index contributed by atoms with van der Waals surface area (Å²) in [7, 11) is 0. The third-order valence-corrected chi connectivity index (χ3v) is 3.14. The van der Waals surface area contributed by atoms with Crippen LogP contribution in [0.25, 0.3) is 0 Å². The molecule has 2 rings (SSSR count). The molecule has 0 atom stereocenters. The molecule has 0 aromatic heterocycles. The molecule has 98 valence electrons. The monoisotopic (exact) mass is 247 g/mol. The molecular weight excluding hydrogens is 226 g/mol. The number of carbonyl (C=O) groups excluding carboxylic acids is 1. The Kier molecular flexibility index (Phi) is 4.76. The first-order chi connectivity index (χ1) is 8.79. The minimum absolute atomic E-state index is 0.128. The van der Waals surface area contributed by atoms with E-state index < -0.39 is 0 Å². The minimum Gasteiger partial charge on any atom is -0.466 e. The lowest BCUT2D eigenvalue weighted by Gasteiger charge is -2.06. The van der Waals surface area contributed by atoms with Crippen LogP contribution in [0.4, 0.5) is 0 Å². The average molecular weight is 247 g/mol. The van der Waals surface area contributed by atoms with Crippen molar-refractivity contribution < 1.29 is 9.53 Å². The van der Waals surface area contributed by atoms with Crippen LogP contribution in [0.1, 0.15) is 43.2 Å². The van der Waals surface area contributed by atoms with Crippen LogP contribution in [-0.2, 0) is 16.1 Å². The molecule has 0 heterocycles. The highest BCUT2D eigenvalue weighted by molar-refractivity contribution is 5.69. The number of benzene rings is 1. The molecule has 18 heavy (non-hydrogen) atoms. The summed E-state index contributed by atoms with van der Waals surface area (Å²) < 4.78 is 4.87. The van der Waals surface area contributed by atoms with E-state index in [9.17, 15) is 4.79 Å². The highest BCUT2D eigenvalue weighted by atomic mass is 16.5. The fourth-order valence-electron chi connectivity index (χ4n) is 2.03. The van der Waals surface area contributed by atoms with Gasteiger partial charge in [0.05, 0.1) is 13.0 Å². The SMILES string of the molecule is CCOC(=O)CCNCc1cccc(C2CC2)c1. The van der Waals surface area contributed by atoms with Crippen molar-refractivity contribution >= 4 is 5.97 Å². The van der Waals surface area contributed by atoms with Gasteiger partial charge < -0.3 is 10.1 Å². The molecule has 0 saturated heterocycles. The molecule has 0 radical (unpaired) electrons. The van der Waals surface area contributed by atoms with Crippen molar-refractivity contribution in [2.24, 2.45) is 0 Å². The van der Waals surface area contributed by atoms with Gasteiger partial charge in [0.15, 0.2) is 0 Å².